The number of carboxylic acid groups (broad SMARTS) is 1. The first-order valence-corrected chi connectivity index (χ1v) is 12.2. The maximum absolute atomic E-state index is 11.1. The van der Waals surface area contributed by atoms with Crippen LogP contribution in [-0.4, -0.2) is 57.5 Å². The van der Waals surface area contributed by atoms with E-state index < -0.39 is 5.97 Å². The van der Waals surface area contributed by atoms with Crippen molar-refractivity contribution in [1.82, 2.24) is 15.6 Å². The molecule has 0 saturated carbocycles. The number of amides is 2. The molecule has 10 heteroatoms. The van der Waals surface area contributed by atoms with Gasteiger partial charge in [0.25, 0.3) is 0 Å². The number of nitrogens with zero attached hydrogens (tertiary/aromatic N) is 1. The number of aromatic nitrogens is 1. The fraction of sp³-hybridized carbons (Fsp3) is 0.588. The second kappa shape index (κ2) is 12.4. The molecule has 2 fully saturated rings. The molecular weight excluding hydrogens is 404 g/mol. The molecular formula is C17H25N4O3S3-. The van der Waals surface area contributed by atoms with E-state index in [2.05, 4.69) is 15.6 Å². The van der Waals surface area contributed by atoms with Gasteiger partial charge in [0.2, 0.25) is 0 Å². The third-order valence-corrected chi connectivity index (χ3v) is 7.81. The molecule has 2 aliphatic rings. The summed E-state index contributed by atoms with van der Waals surface area (Å²) in [5, 5.41) is 15.8. The maximum Gasteiger partial charge on any atom is 0.315 e. The number of pyridine rings is 1. The molecule has 3 heterocycles. The summed E-state index contributed by atoms with van der Waals surface area (Å²) in [6.45, 7) is 0.477. The van der Waals surface area contributed by atoms with E-state index in [0.717, 1.165) is 35.8 Å². The molecule has 1 aromatic rings. The van der Waals surface area contributed by atoms with Crippen LogP contribution in [0.2, 0.25) is 0 Å². The van der Waals surface area contributed by atoms with Crippen LogP contribution in [0.15, 0.2) is 29.4 Å². The molecule has 0 aromatic carbocycles. The Balaban J connectivity index is 0.000000208. The Hall–Kier alpha value is -1.10. The smallest absolute Gasteiger partial charge is 0.315 e. The number of urea groups is 1. The van der Waals surface area contributed by atoms with Gasteiger partial charge < -0.3 is 21.5 Å². The van der Waals surface area contributed by atoms with E-state index >= 15 is 0 Å². The molecule has 2 saturated heterocycles. The largest absolute Gasteiger partial charge is 0.677 e. The highest BCUT2D eigenvalue weighted by atomic mass is 33.1. The lowest BCUT2D eigenvalue weighted by atomic mass is 10.0. The fourth-order valence-corrected chi connectivity index (χ4v) is 6.03. The number of nitrogens with one attached hydrogen (secondary N) is 3. The van der Waals surface area contributed by atoms with Gasteiger partial charge in [-0.2, -0.15) is 11.8 Å². The number of fused-ring (bicyclic) bond motifs is 1. The lowest BCUT2D eigenvalue weighted by Gasteiger charge is -2.16. The van der Waals surface area contributed by atoms with Gasteiger partial charge in [0.05, 0.1) is 12.1 Å². The van der Waals surface area contributed by atoms with Gasteiger partial charge in [-0.15, -0.1) is 6.54 Å². The van der Waals surface area contributed by atoms with Gasteiger partial charge in [0.15, 0.2) is 0 Å². The summed E-state index contributed by atoms with van der Waals surface area (Å²) in [6.07, 6.45) is 4.66. The number of carboxylic acids is 1. The number of carbonyl (C=O) groups excluding carboxylic acids is 1. The van der Waals surface area contributed by atoms with E-state index in [9.17, 15) is 9.59 Å². The molecule has 150 valence electrons. The normalized spacial score (nSPS) is 23.0. The minimum absolute atomic E-state index is 0.0640. The molecule has 7 nitrogen and oxygen atoms in total. The Labute approximate surface area is 171 Å². The molecule has 0 radical (unpaired) electrons. The van der Waals surface area contributed by atoms with Crippen LogP contribution < -0.4 is 10.6 Å². The van der Waals surface area contributed by atoms with Gasteiger partial charge in [0.1, 0.15) is 5.03 Å². The van der Waals surface area contributed by atoms with E-state index in [1.165, 1.54) is 0 Å². The Bertz CT molecular complexity index is 594. The zero-order valence-corrected chi connectivity index (χ0v) is 17.4. The first-order chi connectivity index (χ1) is 13.1. The van der Waals surface area contributed by atoms with Crippen molar-refractivity contribution in [3.63, 3.8) is 0 Å². The predicted molar refractivity (Wildman–Crippen MR) is 113 cm³/mol. The van der Waals surface area contributed by atoms with Gasteiger partial charge in [-0.1, -0.05) is 23.3 Å². The zero-order valence-electron chi connectivity index (χ0n) is 14.9. The van der Waals surface area contributed by atoms with Crippen molar-refractivity contribution in [2.24, 2.45) is 0 Å². The molecule has 3 atom stereocenters. The van der Waals surface area contributed by atoms with Crippen LogP contribution in [-0.2, 0) is 4.79 Å². The van der Waals surface area contributed by atoms with Gasteiger partial charge in [-0.05, 0) is 41.5 Å². The van der Waals surface area contributed by atoms with Gasteiger partial charge in [-0.25, -0.2) is 9.78 Å². The van der Waals surface area contributed by atoms with Crippen molar-refractivity contribution >= 4 is 45.4 Å². The van der Waals surface area contributed by atoms with Crippen LogP contribution in [0.25, 0.3) is 5.73 Å². The van der Waals surface area contributed by atoms with Crippen molar-refractivity contribution in [3.8, 4) is 0 Å². The highest BCUT2D eigenvalue weighted by molar-refractivity contribution is 8.76. The van der Waals surface area contributed by atoms with E-state index in [4.69, 9.17) is 10.8 Å². The van der Waals surface area contributed by atoms with Crippen LogP contribution in [0.3, 0.4) is 0 Å². The summed E-state index contributed by atoms with van der Waals surface area (Å²) in [7, 11) is 3.30. The summed E-state index contributed by atoms with van der Waals surface area (Å²) >= 11 is 1.87. The lowest BCUT2D eigenvalue weighted by molar-refractivity contribution is -0.137. The number of hydrogen-bond donors (Lipinski definition) is 3. The van der Waals surface area contributed by atoms with E-state index in [-0.39, 0.29) is 24.5 Å². The molecule has 3 unspecified atom stereocenters. The summed E-state index contributed by atoms with van der Waals surface area (Å²) in [5.41, 5.74) is 6.91. The quantitative estimate of drug-likeness (QED) is 0.312. The topological polar surface area (TPSA) is 115 Å². The number of carbonyl (C=O) groups is 2. The van der Waals surface area contributed by atoms with Crippen LogP contribution >= 0.6 is 33.3 Å². The zero-order chi connectivity index (χ0) is 19.5. The lowest BCUT2D eigenvalue weighted by Crippen LogP contribution is -2.36. The third kappa shape index (κ3) is 8.20. The second-order valence-corrected chi connectivity index (χ2v) is 9.79. The van der Waals surface area contributed by atoms with E-state index in [1.54, 1.807) is 27.8 Å². The molecule has 3 rings (SSSR count). The highest BCUT2D eigenvalue weighted by Crippen LogP contribution is 2.33. The minimum Gasteiger partial charge on any atom is -0.677 e. The number of hydrogen-bond acceptors (Lipinski definition) is 6. The summed E-state index contributed by atoms with van der Waals surface area (Å²) in [4.78, 5) is 25.6. The Morgan fingerprint density at radius 1 is 1.37 bits per heavy atom. The monoisotopic (exact) mass is 429 g/mol. The van der Waals surface area contributed by atoms with Crippen molar-refractivity contribution in [1.29, 1.82) is 0 Å². The molecule has 2 amide bonds. The van der Waals surface area contributed by atoms with E-state index in [0.29, 0.717) is 11.8 Å². The third-order valence-electron chi connectivity index (χ3n) is 4.03. The Morgan fingerprint density at radius 3 is 2.93 bits per heavy atom. The average Bonchev–Trinajstić information content (AvgIpc) is 3.20. The van der Waals surface area contributed by atoms with Crippen LogP contribution in [0.4, 0.5) is 4.79 Å². The second-order valence-electron chi connectivity index (χ2n) is 6.08. The maximum atomic E-state index is 11.1. The summed E-state index contributed by atoms with van der Waals surface area (Å²) in [6, 6.07) is 6.28. The predicted octanol–water partition coefficient (Wildman–Crippen LogP) is 3.67. The number of thioether (sulfide) groups is 1. The van der Waals surface area contributed by atoms with Gasteiger partial charge in [0, 0.05) is 23.6 Å². The first kappa shape index (κ1) is 22.2. The minimum atomic E-state index is -0.729. The molecule has 4 N–H and O–H groups in total. The highest BCUT2D eigenvalue weighted by Gasteiger charge is 2.42. The Morgan fingerprint density at radius 2 is 2.22 bits per heavy atom. The molecule has 0 spiro atoms. The molecule has 1 aromatic heterocycles. The number of rotatable bonds is 9. The standard InChI is InChI=1S/C10H16N2O3S.C7H9N2S2/c13-8(14)4-2-1-3-7-9-6(5-16-7)11-10(15)12-9;8-4-6-10-11-7-3-1-2-5-9-7/h6-7,9H,1-5H2,(H,13,14)(H2,11,12,15);1-3,5,8H,4,6H2/q;-1. The molecule has 27 heavy (non-hydrogen) atoms. The molecule has 2 aliphatic heterocycles. The van der Waals surface area contributed by atoms with Crippen molar-refractivity contribution in [2.45, 2.75) is 48.0 Å². The first-order valence-electron chi connectivity index (χ1n) is 8.85. The summed E-state index contributed by atoms with van der Waals surface area (Å²) < 4.78 is 0. The van der Waals surface area contributed by atoms with Gasteiger partial charge >= 0.3 is 12.0 Å². The number of unbranched alkanes of at least 4 members (excludes halogenated alkanes) is 1. The average molecular weight is 430 g/mol. The van der Waals surface area contributed by atoms with Crippen molar-refractivity contribution in [3.05, 3.63) is 30.1 Å². The summed E-state index contributed by atoms with van der Waals surface area (Å²) in [5.74, 6) is 1.10. The van der Waals surface area contributed by atoms with Crippen molar-refractivity contribution in [2.75, 3.05) is 18.1 Å². The van der Waals surface area contributed by atoms with E-state index in [1.807, 2.05) is 30.0 Å². The number of aliphatic carboxylic acids is 1. The molecule has 0 aliphatic carbocycles. The SMILES string of the molecule is O=C(O)CCCCC1SCC2NC(=O)NC21.[NH-]CCSSc1ccccn1. The van der Waals surface area contributed by atoms with Crippen LogP contribution in [0.5, 0.6) is 0 Å². The van der Waals surface area contributed by atoms with Crippen LogP contribution in [0.1, 0.15) is 25.7 Å². The molecule has 0 bridgehead atoms. The van der Waals surface area contributed by atoms with Crippen LogP contribution in [0, 0.1) is 0 Å². The Kier molecular flexibility index (Phi) is 10.2. The van der Waals surface area contributed by atoms with Gasteiger partial charge in [-0.3, -0.25) is 4.79 Å². The van der Waals surface area contributed by atoms with Crippen molar-refractivity contribution < 1.29 is 14.7 Å². The fourth-order valence-electron chi connectivity index (χ4n) is 2.80.